The quantitative estimate of drug-likeness (QED) is 0.731. The van der Waals surface area contributed by atoms with E-state index in [1.807, 2.05) is 49.4 Å². The molecule has 2 atom stereocenters. The number of rotatable bonds is 7. The van der Waals surface area contributed by atoms with Crippen molar-refractivity contribution in [3.8, 4) is 0 Å². The van der Waals surface area contributed by atoms with Crippen LogP contribution in [-0.4, -0.2) is 25.7 Å². The molecule has 0 amide bonds. The van der Waals surface area contributed by atoms with E-state index < -0.39 is 22.2 Å². The third-order valence-electron chi connectivity index (χ3n) is 4.28. The highest BCUT2D eigenvalue weighted by Gasteiger charge is 2.27. The smallest absolute Gasteiger partial charge is 0.241 e. The average molecular weight is 374 g/mol. The SMILES string of the molecule is C/C=C/[C@@H](O)[C@H](Cc1ccccc1)NS(=O)(=O)c1c(C)cc(C)cc1C. The summed E-state index contributed by atoms with van der Waals surface area (Å²) in [6.45, 7) is 7.33. The van der Waals surface area contributed by atoms with Gasteiger partial charge in [-0.15, -0.1) is 0 Å². The Hall–Kier alpha value is -1.95. The fourth-order valence-corrected chi connectivity index (χ4v) is 4.99. The van der Waals surface area contributed by atoms with Crippen LogP contribution >= 0.6 is 0 Å². The van der Waals surface area contributed by atoms with E-state index in [4.69, 9.17) is 0 Å². The van der Waals surface area contributed by atoms with Crippen molar-refractivity contribution in [1.29, 1.82) is 0 Å². The van der Waals surface area contributed by atoms with Gasteiger partial charge in [0.15, 0.2) is 0 Å². The summed E-state index contributed by atoms with van der Waals surface area (Å²) >= 11 is 0. The van der Waals surface area contributed by atoms with Crippen molar-refractivity contribution in [3.63, 3.8) is 0 Å². The second-order valence-electron chi connectivity index (χ2n) is 6.66. The lowest BCUT2D eigenvalue weighted by Gasteiger charge is -2.23. The van der Waals surface area contributed by atoms with Gasteiger partial charge in [-0.05, 0) is 50.8 Å². The zero-order valence-electron chi connectivity index (χ0n) is 15.7. The predicted molar refractivity (Wildman–Crippen MR) is 106 cm³/mol. The van der Waals surface area contributed by atoms with Crippen LogP contribution in [-0.2, 0) is 16.4 Å². The Balaban J connectivity index is 2.37. The molecule has 4 nitrogen and oxygen atoms in total. The van der Waals surface area contributed by atoms with Crippen LogP contribution in [0.25, 0.3) is 0 Å². The van der Waals surface area contributed by atoms with Crippen molar-refractivity contribution < 1.29 is 13.5 Å². The van der Waals surface area contributed by atoms with Gasteiger partial charge in [0.1, 0.15) is 0 Å². The lowest BCUT2D eigenvalue weighted by atomic mass is 10.0. The van der Waals surface area contributed by atoms with Crippen LogP contribution in [0.4, 0.5) is 0 Å². The van der Waals surface area contributed by atoms with Gasteiger partial charge < -0.3 is 5.11 Å². The van der Waals surface area contributed by atoms with Crippen molar-refractivity contribution in [2.45, 2.75) is 51.2 Å². The Morgan fingerprint density at radius 1 is 1.08 bits per heavy atom. The van der Waals surface area contributed by atoms with Gasteiger partial charge in [0.05, 0.1) is 17.0 Å². The molecule has 0 saturated carbocycles. The first-order valence-electron chi connectivity index (χ1n) is 8.69. The molecule has 26 heavy (non-hydrogen) atoms. The second kappa shape index (κ2) is 8.62. The first-order chi connectivity index (χ1) is 12.2. The normalized spacial score (nSPS) is 14.5. The largest absolute Gasteiger partial charge is 0.387 e. The Labute approximate surface area is 156 Å². The highest BCUT2D eigenvalue weighted by Crippen LogP contribution is 2.22. The maximum Gasteiger partial charge on any atom is 0.241 e. The molecule has 2 N–H and O–H groups in total. The summed E-state index contributed by atoms with van der Waals surface area (Å²) in [6.07, 6.45) is 2.81. The maximum absolute atomic E-state index is 13.0. The van der Waals surface area contributed by atoms with E-state index >= 15 is 0 Å². The number of hydrogen-bond acceptors (Lipinski definition) is 3. The third kappa shape index (κ3) is 5.04. The summed E-state index contributed by atoms with van der Waals surface area (Å²) in [4.78, 5) is 0.286. The van der Waals surface area contributed by atoms with E-state index in [1.54, 1.807) is 32.9 Å². The molecular formula is C21H27NO3S. The fraction of sp³-hybridized carbons (Fsp3) is 0.333. The fourth-order valence-electron chi connectivity index (χ4n) is 3.28. The zero-order valence-corrected chi connectivity index (χ0v) is 16.5. The number of nitrogens with one attached hydrogen (secondary N) is 1. The molecule has 2 aromatic rings. The molecular weight excluding hydrogens is 346 g/mol. The first-order valence-corrected chi connectivity index (χ1v) is 10.2. The molecule has 0 aromatic heterocycles. The third-order valence-corrected chi connectivity index (χ3v) is 6.07. The number of aliphatic hydroxyl groups is 1. The molecule has 2 rings (SSSR count). The Morgan fingerprint density at radius 3 is 2.19 bits per heavy atom. The van der Waals surface area contributed by atoms with Gasteiger partial charge in [0.25, 0.3) is 0 Å². The van der Waals surface area contributed by atoms with E-state index in [0.29, 0.717) is 17.5 Å². The summed E-state index contributed by atoms with van der Waals surface area (Å²) in [7, 11) is -3.76. The van der Waals surface area contributed by atoms with Crippen LogP contribution in [0.3, 0.4) is 0 Å². The van der Waals surface area contributed by atoms with Crippen LogP contribution in [0.15, 0.2) is 59.5 Å². The molecule has 0 heterocycles. The highest BCUT2D eigenvalue weighted by atomic mass is 32.2. The topological polar surface area (TPSA) is 66.4 Å². The van der Waals surface area contributed by atoms with E-state index in [9.17, 15) is 13.5 Å². The van der Waals surface area contributed by atoms with E-state index in [0.717, 1.165) is 11.1 Å². The van der Waals surface area contributed by atoms with Crippen molar-refractivity contribution >= 4 is 10.0 Å². The number of allylic oxidation sites excluding steroid dienone is 1. The Kier molecular flexibility index (Phi) is 6.75. The Morgan fingerprint density at radius 2 is 1.65 bits per heavy atom. The summed E-state index contributed by atoms with van der Waals surface area (Å²) in [6, 6.07) is 12.6. The van der Waals surface area contributed by atoms with Crippen molar-refractivity contribution in [2.75, 3.05) is 0 Å². The summed E-state index contributed by atoms with van der Waals surface area (Å²) in [5.41, 5.74) is 3.39. The molecule has 140 valence electrons. The molecule has 0 fully saturated rings. The van der Waals surface area contributed by atoms with Crippen LogP contribution in [0.5, 0.6) is 0 Å². The average Bonchev–Trinajstić information content (AvgIpc) is 2.54. The molecule has 5 heteroatoms. The minimum absolute atomic E-state index is 0.286. The number of hydrogen-bond donors (Lipinski definition) is 2. The first kappa shape index (κ1) is 20.4. The molecule has 0 aliphatic heterocycles. The molecule has 0 unspecified atom stereocenters. The molecule has 0 saturated heterocycles. The molecule has 0 aliphatic carbocycles. The van der Waals surface area contributed by atoms with Crippen LogP contribution in [0, 0.1) is 20.8 Å². The molecule has 0 spiro atoms. The van der Waals surface area contributed by atoms with Gasteiger partial charge in [0, 0.05) is 0 Å². The van der Waals surface area contributed by atoms with E-state index in [1.165, 1.54) is 0 Å². The van der Waals surface area contributed by atoms with Crippen LogP contribution < -0.4 is 4.72 Å². The van der Waals surface area contributed by atoms with Crippen molar-refractivity contribution in [3.05, 3.63) is 76.9 Å². The van der Waals surface area contributed by atoms with Gasteiger partial charge >= 0.3 is 0 Å². The zero-order chi connectivity index (χ0) is 19.3. The van der Waals surface area contributed by atoms with Gasteiger partial charge in [0.2, 0.25) is 10.0 Å². The Bertz CT molecular complexity index is 850. The molecule has 0 radical (unpaired) electrons. The minimum atomic E-state index is -3.76. The highest BCUT2D eigenvalue weighted by molar-refractivity contribution is 7.89. The van der Waals surface area contributed by atoms with Crippen LogP contribution in [0.1, 0.15) is 29.2 Å². The number of aryl methyl sites for hydroxylation is 3. The van der Waals surface area contributed by atoms with E-state index in [2.05, 4.69) is 4.72 Å². The number of benzene rings is 2. The summed E-state index contributed by atoms with van der Waals surface area (Å²) < 4.78 is 28.8. The number of aliphatic hydroxyl groups excluding tert-OH is 1. The van der Waals surface area contributed by atoms with E-state index in [-0.39, 0.29) is 4.90 Å². The predicted octanol–water partition coefficient (Wildman–Crippen LogP) is 3.44. The maximum atomic E-state index is 13.0. The summed E-state index contributed by atoms with van der Waals surface area (Å²) in [5.74, 6) is 0. The molecule has 0 bridgehead atoms. The van der Waals surface area contributed by atoms with Gasteiger partial charge in [-0.25, -0.2) is 13.1 Å². The monoisotopic (exact) mass is 373 g/mol. The van der Waals surface area contributed by atoms with Crippen LogP contribution in [0.2, 0.25) is 0 Å². The van der Waals surface area contributed by atoms with Gasteiger partial charge in [-0.3, -0.25) is 0 Å². The second-order valence-corrected chi connectivity index (χ2v) is 8.31. The number of sulfonamides is 1. The van der Waals surface area contributed by atoms with Gasteiger partial charge in [-0.2, -0.15) is 0 Å². The molecule has 2 aromatic carbocycles. The standard InChI is InChI=1S/C21H27NO3S/c1-5-9-20(23)19(14-18-10-7-6-8-11-18)22-26(24,25)21-16(3)12-15(2)13-17(21)4/h5-13,19-20,22-23H,14H2,1-4H3/b9-5+/t19-,20+/m0/s1. The lowest BCUT2D eigenvalue weighted by molar-refractivity contribution is 0.182. The van der Waals surface area contributed by atoms with Crippen molar-refractivity contribution in [2.24, 2.45) is 0 Å². The van der Waals surface area contributed by atoms with Crippen molar-refractivity contribution in [1.82, 2.24) is 4.72 Å². The minimum Gasteiger partial charge on any atom is -0.387 e. The molecule has 0 aliphatic rings. The van der Waals surface area contributed by atoms with Gasteiger partial charge in [-0.1, -0.05) is 60.2 Å². The lowest BCUT2D eigenvalue weighted by Crippen LogP contribution is -2.44. The summed E-state index contributed by atoms with van der Waals surface area (Å²) in [5, 5.41) is 10.4.